The fourth-order valence-corrected chi connectivity index (χ4v) is 6.55. The molecule has 3 aromatic rings. The minimum atomic E-state index is 0.714. The van der Waals surface area contributed by atoms with Crippen molar-refractivity contribution in [2.24, 2.45) is 5.92 Å². The van der Waals surface area contributed by atoms with Gasteiger partial charge in [-0.3, -0.25) is 9.97 Å². The van der Waals surface area contributed by atoms with Crippen molar-refractivity contribution in [2.45, 2.75) is 37.6 Å². The molecule has 1 aromatic carbocycles. The number of pyridine rings is 2. The van der Waals surface area contributed by atoms with Crippen molar-refractivity contribution in [1.82, 2.24) is 14.9 Å². The fraction of sp³-hybridized carbons (Fsp3) is 0.462. The van der Waals surface area contributed by atoms with Crippen LogP contribution in [0.3, 0.4) is 0 Å². The second-order valence-electron chi connectivity index (χ2n) is 8.70. The van der Waals surface area contributed by atoms with Crippen molar-refractivity contribution in [1.29, 1.82) is 0 Å². The normalized spacial score (nSPS) is 17.0. The monoisotopic (exact) mass is 466 g/mol. The van der Waals surface area contributed by atoms with E-state index in [1.165, 1.54) is 60.1 Å². The minimum Gasteiger partial charge on any atom is -0.378 e. The van der Waals surface area contributed by atoms with Crippen molar-refractivity contribution in [3.8, 4) is 0 Å². The Labute approximate surface area is 201 Å². The van der Waals surface area contributed by atoms with Crippen molar-refractivity contribution in [2.75, 3.05) is 42.7 Å². The molecule has 1 aliphatic rings. The highest BCUT2D eigenvalue weighted by atomic mass is 32.2. The van der Waals surface area contributed by atoms with E-state index in [1.54, 1.807) is 0 Å². The van der Waals surface area contributed by atoms with E-state index in [1.807, 2.05) is 42.4 Å². The van der Waals surface area contributed by atoms with Gasteiger partial charge in [0.25, 0.3) is 0 Å². The minimum absolute atomic E-state index is 0.714. The maximum absolute atomic E-state index is 4.63. The van der Waals surface area contributed by atoms with Crippen LogP contribution in [-0.2, 0) is 6.54 Å². The summed E-state index contributed by atoms with van der Waals surface area (Å²) in [4.78, 5) is 13.0. The van der Waals surface area contributed by atoms with Crippen molar-refractivity contribution in [3.63, 3.8) is 0 Å². The molecule has 1 fully saturated rings. The van der Waals surface area contributed by atoms with Crippen LogP contribution in [0.25, 0.3) is 10.9 Å². The molecule has 0 radical (unpaired) electrons. The summed E-state index contributed by atoms with van der Waals surface area (Å²) in [6, 6.07) is 12.5. The molecule has 1 atom stereocenters. The van der Waals surface area contributed by atoms with E-state index in [-0.39, 0.29) is 0 Å². The average Bonchev–Trinajstić information content (AvgIpc) is 2.81. The molecule has 0 bridgehead atoms. The zero-order valence-corrected chi connectivity index (χ0v) is 20.9. The van der Waals surface area contributed by atoms with Gasteiger partial charge in [-0.05, 0) is 86.7 Å². The van der Waals surface area contributed by atoms with Crippen LogP contribution in [0.15, 0.2) is 53.7 Å². The Morgan fingerprint density at radius 3 is 2.97 bits per heavy atom. The lowest BCUT2D eigenvalue weighted by atomic mass is 10.0. The van der Waals surface area contributed by atoms with Crippen molar-refractivity contribution >= 4 is 40.1 Å². The van der Waals surface area contributed by atoms with Crippen LogP contribution in [-0.4, -0.2) is 52.3 Å². The summed E-state index contributed by atoms with van der Waals surface area (Å²) in [5, 5.41) is 4.65. The molecule has 0 spiro atoms. The highest BCUT2D eigenvalue weighted by Gasteiger charge is 2.16. The molecule has 170 valence electrons. The van der Waals surface area contributed by atoms with E-state index >= 15 is 0 Å². The zero-order chi connectivity index (χ0) is 22.2. The van der Waals surface area contributed by atoms with Crippen LogP contribution in [0.1, 0.15) is 30.5 Å². The number of benzene rings is 1. The van der Waals surface area contributed by atoms with Gasteiger partial charge in [0.1, 0.15) is 0 Å². The summed E-state index contributed by atoms with van der Waals surface area (Å²) in [7, 11) is 2.26. The molecule has 4 nitrogen and oxygen atoms in total. The number of aromatic nitrogens is 2. The molecule has 0 saturated carbocycles. The Hall–Kier alpha value is -1.76. The van der Waals surface area contributed by atoms with Gasteiger partial charge in [-0.25, -0.2) is 0 Å². The third-order valence-corrected chi connectivity index (χ3v) is 8.61. The molecule has 1 N–H and O–H groups in total. The first kappa shape index (κ1) is 23.4. The smallest absolute Gasteiger partial charge is 0.0703 e. The number of piperidine rings is 1. The third-order valence-electron chi connectivity index (χ3n) is 6.08. The first-order valence-corrected chi connectivity index (χ1v) is 13.8. The fourth-order valence-electron chi connectivity index (χ4n) is 4.25. The maximum Gasteiger partial charge on any atom is 0.0703 e. The van der Waals surface area contributed by atoms with E-state index in [0.717, 1.165) is 28.2 Å². The van der Waals surface area contributed by atoms with E-state index in [2.05, 4.69) is 64.1 Å². The van der Waals surface area contributed by atoms with Crippen LogP contribution >= 0.6 is 23.5 Å². The van der Waals surface area contributed by atoms with Crippen LogP contribution in [0.2, 0.25) is 0 Å². The highest BCUT2D eigenvalue weighted by Crippen LogP contribution is 2.26. The lowest BCUT2D eigenvalue weighted by Gasteiger charge is -2.29. The molecular formula is C26H34N4S2. The summed E-state index contributed by atoms with van der Waals surface area (Å²) in [5.41, 5.74) is 4.45. The molecule has 1 aliphatic heterocycles. The Morgan fingerprint density at radius 1 is 1.16 bits per heavy atom. The summed E-state index contributed by atoms with van der Waals surface area (Å²) in [6.07, 6.45) is 7.89. The molecule has 4 rings (SSSR count). The molecular weight excluding hydrogens is 432 g/mol. The van der Waals surface area contributed by atoms with Gasteiger partial charge in [0.05, 0.1) is 29.6 Å². The number of anilines is 1. The van der Waals surface area contributed by atoms with Gasteiger partial charge in [-0.15, -0.1) is 11.8 Å². The van der Waals surface area contributed by atoms with Gasteiger partial charge in [0, 0.05) is 23.0 Å². The number of hydrogen-bond acceptors (Lipinski definition) is 6. The Balaban J connectivity index is 1.21. The quantitative estimate of drug-likeness (QED) is 0.287. The molecule has 1 saturated heterocycles. The lowest BCUT2D eigenvalue weighted by molar-refractivity contribution is 0.224. The van der Waals surface area contributed by atoms with Crippen molar-refractivity contribution < 1.29 is 0 Å². The second kappa shape index (κ2) is 11.9. The molecule has 3 heterocycles. The SMILES string of the molecule is Cc1c(SCCCSCC2CCCN(C)C2)ccnc1CNc1cnc2ccccc2c1. The standard InChI is InChI=1S/C26H34N4S2/c1-20-25(17-28-23-15-22-8-3-4-9-24(22)29-16-23)27-11-10-26(20)32-14-6-13-31-19-21-7-5-12-30(2)18-21/h3-4,8-11,15-16,21,28H,5-7,12-14,17-19H2,1-2H3. The number of fused-ring (bicyclic) bond motifs is 1. The van der Waals surface area contributed by atoms with Crippen LogP contribution in [0.5, 0.6) is 0 Å². The number of likely N-dealkylation sites (tertiary alicyclic amines) is 1. The molecule has 32 heavy (non-hydrogen) atoms. The Morgan fingerprint density at radius 2 is 2.06 bits per heavy atom. The van der Waals surface area contributed by atoms with Gasteiger partial charge in [0.15, 0.2) is 0 Å². The first-order chi connectivity index (χ1) is 15.7. The summed E-state index contributed by atoms with van der Waals surface area (Å²) in [6.45, 7) is 5.47. The zero-order valence-electron chi connectivity index (χ0n) is 19.2. The Bertz CT molecular complexity index is 1010. The van der Waals surface area contributed by atoms with E-state index < -0.39 is 0 Å². The predicted octanol–water partition coefficient (Wildman–Crippen LogP) is 6.11. The molecule has 1 unspecified atom stereocenters. The lowest BCUT2D eigenvalue weighted by Crippen LogP contribution is -2.33. The number of nitrogens with one attached hydrogen (secondary N) is 1. The van der Waals surface area contributed by atoms with Gasteiger partial charge < -0.3 is 10.2 Å². The number of rotatable bonds is 10. The van der Waals surface area contributed by atoms with Crippen LogP contribution in [0.4, 0.5) is 5.69 Å². The van der Waals surface area contributed by atoms with Gasteiger partial charge in [0.2, 0.25) is 0 Å². The largest absolute Gasteiger partial charge is 0.378 e. The first-order valence-electron chi connectivity index (χ1n) is 11.6. The summed E-state index contributed by atoms with van der Waals surface area (Å²) >= 11 is 4.11. The third kappa shape index (κ3) is 6.63. The molecule has 0 amide bonds. The van der Waals surface area contributed by atoms with Gasteiger partial charge in [-0.1, -0.05) is 18.2 Å². The van der Waals surface area contributed by atoms with Gasteiger partial charge in [-0.2, -0.15) is 11.8 Å². The van der Waals surface area contributed by atoms with Crippen LogP contribution < -0.4 is 5.32 Å². The van der Waals surface area contributed by atoms with E-state index in [4.69, 9.17) is 0 Å². The summed E-state index contributed by atoms with van der Waals surface area (Å²) in [5.74, 6) is 4.65. The second-order valence-corrected chi connectivity index (χ2v) is 11.0. The van der Waals surface area contributed by atoms with E-state index in [9.17, 15) is 0 Å². The predicted molar refractivity (Wildman–Crippen MR) is 141 cm³/mol. The number of thioether (sulfide) groups is 2. The highest BCUT2D eigenvalue weighted by molar-refractivity contribution is 8.00. The summed E-state index contributed by atoms with van der Waals surface area (Å²) < 4.78 is 0. The average molecular weight is 467 g/mol. The Kier molecular flexibility index (Phi) is 8.71. The maximum atomic E-state index is 4.63. The molecule has 0 aliphatic carbocycles. The number of hydrogen-bond donors (Lipinski definition) is 1. The van der Waals surface area contributed by atoms with E-state index in [0.29, 0.717) is 6.54 Å². The topological polar surface area (TPSA) is 41.1 Å². The molecule has 6 heteroatoms. The van der Waals surface area contributed by atoms with Crippen LogP contribution in [0, 0.1) is 12.8 Å². The molecule has 2 aromatic heterocycles. The van der Waals surface area contributed by atoms with Gasteiger partial charge >= 0.3 is 0 Å². The van der Waals surface area contributed by atoms with Crippen molar-refractivity contribution in [3.05, 3.63) is 60.0 Å². The number of nitrogens with zero attached hydrogens (tertiary/aromatic N) is 3. The number of para-hydroxylation sites is 1.